The maximum Gasteiger partial charge on any atom is 0.253 e. The Kier molecular flexibility index (Phi) is 5.18. The topological polar surface area (TPSA) is 57.7 Å². The largest absolute Gasteiger partial charge is 0.337 e. The van der Waals surface area contributed by atoms with Crippen LogP contribution in [0.4, 0.5) is 4.39 Å². The minimum atomic E-state index is -3.22. The van der Waals surface area contributed by atoms with Gasteiger partial charge in [-0.3, -0.25) is 4.79 Å². The van der Waals surface area contributed by atoms with Crippen molar-refractivity contribution in [1.29, 1.82) is 0 Å². The molecule has 22 heavy (non-hydrogen) atoms. The first-order valence-electron chi connectivity index (χ1n) is 7.38. The van der Waals surface area contributed by atoms with Gasteiger partial charge in [0.05, 0.1) is 5.75 Å². The number of sulfonamides is 1. The van der Waals surface area contributed by atoms with E-state index in [-0.39, 0.29) is 17.5 Å². The van der Waals surface area contributed by atoms with Crippen LogP contribution in [0.3, 0.4) is 0 Å². The molecule has 0 bridgehead atoms. The Morgan fingerprint density at radius 3 is 2.59 bits per heavy atom. The standard InChI is InChI=1S/C15H21FN2O3S/c1-3-22(20,21)18-8-4-7-17(9-10-18)15(19)13-5-6-14(16)12(2)11-13/h5-6,11H,3-4,7-10H2,1-2H3. The smallest absolute Gasteiger partial charge is 0.253 e. The van der Waals surface area contributed by atoms with E-state index in [4.69, 9.17) is 0 Å². The Hall–Kier alpha value is -1.47. The molecule has 1 aromatic carbocycles. The highest BCUT2D eigenvalue weighted by molar-refractivity contribution is 7.89. The zero-order valence-corrected chi connectivity index (χ0v) is 13.7. The summed E-state index contributed by atoms with van der Waals surface area (Å²) in [6, 6.07) is 4.29. The molecule has 0 N–H and O–H groups in total. The van der Waals surface area contributed by atoms with Crippen molar-refractivity contribution in [2.75, 3.05) is 31.9 Å². The lowest BCUT2D eigenvalue weighted by Gasteiger charge is -2.21. The minimum absolute atomic E-state index is 0.0676. The molecule has 1 fully saturated rings. The summed E-state index contributed by atoms with van der Waals surface area (Å²) in [6.45, 7) is 4.83. The van der Waals surface area contributed by atoms with Crippen molar-refractivity contribution in [2.24, 2.45) is 0 Å². The van der Waals surface area contributed by atoms with Gasteiger partial charge in [-0.15, -0.1) is 0 Å². The molecule has 1 aromatic rings. The second kappa shape index (κ2) is 6.75. The van der Waals surface area contributed by atoms with E-state index in [0.717, 1.165) is 0 Å². The van der Waals surface area contributed by atoms with E-state index in [0.29, 0.717) is 43.7 Å². The van der Waals surface area contributed by atoms with Gasteiger partial charge < -0.3 is 4.90 Å². The molecule has 5 nitrogen and oxygen atoms in total. The van der Waals surface area contributed by atoms with Gasteiger partial charge in [0.15, 0.2) is 0 Å². The number of aryl methyl sites for hydroxylation is 1. The van der Waals surface area contributed by atoms with E-state index >= 15 is 0 Å². The van der Waals surface area contributed by atoms with Crippen molar-refractivity contribution in [3.05, 3.63) is 35.1 Å². The molecule has 122 valence electrons. The van der Waals surface area contributed by atoms with Crippen LogP contribution >= 0.6 is 0 Å². The molecule has 0 aliphatic carbocycles. The molecule has 7 heteroatoms. The van der Waals surface area contributed by atoms with Crippen LogP contribution in [0.15, 0.2) is 18.2 Å². The summed E-state index contributed by atoms with van der Waals surface area (Å²) in [7, 11) is -3.22. The van der Waals surface area contributed by atoms with Crippen LogP contribution in [-0.2, 0) is 10.0 Å². The summed E-state index contributed by atoms with van der Waals surface area (Å²) in [5.74, 6) is -0.454. The van der Waals surface area contributed by atoms with Gasteiger partial charge in [-0.1, -0.05) is 0 Å². The van der Waals surface area contributed by atoms with Crippen LogP contribution in [0.1, 0.15) is 29.3 Å². The molecule has 1 aliphatic rings. The van der Waals surface area contributed by atoms with Crippen LogP contribution in [0.5, 0.6) is 0 Å². The highest BCUT2D eigenvalue weighted by atomic mass is 32.2. The number of rotatable bonds is 3. The highest BCUT2D eigenvalue weighted by Crippen LogP contribution is 2.14. The zero-order valence-electron chi connectivity index (χ0n) is 12.9. The second-order valence-corrected chi connectivity index (χ2v) is 7.67. The van der Waals surface area contributed by atoms with Crippen molar-refractivity contribution < 1.29 is 17.6 Å². The predicted molar refractivity (Wildman–Crippen MR) is 82.7 cm³/mol. The Bertz CT molecular complexity index is 661. The van der Waals surface area contributed by atoms with Crippen LogP contribution in [0, 0.1) is 12.7 Å². The molecule has 0 unspecified atom stereocenters. The summed E-state index contributed by atoms with van der Waals surface area (Å²) in [4.78, 5) is 14.1. The number of hydrogen-bond donors (Lipinski definition) is 0. The summed E-state index contributed by atoms with van der Waals surface area (Å²) in [6.07, 6.45) is 0.602. The number of amides is 1. The summed E-state index contributed by atoms with van der Waals surface area (Å²) >= 11 is 0. The van der Waals surface area contributed by atoms with E-state index in [1.54, 1.807) is 18.7 Å². The molecule has 1 saturated heterocycles. The number of carbonyl (C=O) groups is 1. The first kappa shape index (κ1) is 16.9. The Morgan fingerprint density at radius 2 is 1.95 bits per heavy atom. The minimum Gasteiger partial charge on any atom is -0.337 e. The third-order valence-electron chi connectivity index (χ3n) is 3.91. The van der Waals surface area contributed by atoms with Crippen molar-refractivity contribution in [2.45, 2.75) is 20.3 Å². The molecule has 2 rings (SSSR count). The monoisotopic (exact) mass is 328 g/mol. The van der Waals surface area contributed by atoms with E-state index in [9.17, 15) is 17.6 Å². The second-order valence-electron chi connectivity index (χ2n) is 5.41. The van der Waals surface area contributed by atoms with Crippen molar-refractivity contribution in [3.63, 3.8) is 0 Å². The molecule has 0 atom stereocenters. The maximum absolute atomic E-state index is 13.3. The molecule has 0 aromatic heterocycles. The van der Waals surface area contributed by atoms with Crippen LogP contribution in [-0.4, -0.2) is 55.5 Å². The fraction of sp³-hybridized carbons (Fsp3) is 0.533. The number of halogens is 1. The molecular weight excluding hydrogens is 307 g/mol. The quantitative estimate of drug-likeness (QED) is 0.847. The lowest BCUT2D eigenvalue weighted by molar-refractivity contribution is 0.0764. The van der Waals surface area contributed by atoms with E-state index in [1.807, 2.05) is 0 Å². The number of hydrogen-bond acceptors (Lipinski definition) is 3. The zero-order chi connectivity index (χ0) is 16.3. The average Bonchev–Trinajstić information content (AvgIpc) is 2.75. The molecule has 1 heterocycles. The van der Waals surface area contributed by atoms with E-state index in [1.165, 1.54) is 22.5 Å². The summed E-state index contributed by atoms with van der Waals surface area (Å²) < 4.78 is 38.6. The highest BCUT2D eigenvalue weighted by Gasteiger charge is 2.26. The van der Waals surface area contributed by atoms with Gasteiger partial charge in [0.2, 0.25) is 10.0 Å². The average molecular weight is 328 g/mol. The Morgan fingerprint density at radius 1 is 1.23 bits per heavy atom. The van der Waals surface area contributed by atoms with Gasteiger partial charge in [-0.25, -0.2) is 17.1 Å². The third-order valence-corrected chi connectivity index (χ3v) is 5.79. The Balaban J connectivity index is 2.10. The summed E-state index contributed by atoms with van der Waals surface area (Å²) in [5, 5.41) is 0. The molecular formula is C15H21FN2O3S. The van der Waals surface area contributed by atoms with Crippen molar-refractivity contribution >= 4 is 15.9 Å². The fourth-order valence-corrected chi connectivity index (χ4v) is 3.65. The first-order valence-corrected chi connectivity index (χ1v) is 8.99. The molecule has 0 saturated carbocycles. The lowest BCUT2D eigenvalue weighted by atomic mass is 10.1. The van der Waals surface area contributed by atoms with Gasteiger partial charge >= 0.3 is 0 Å². The van der Waals surface area contributed by atoms with E-state index < -0.39 is 10.0 Å². The van der Waals surface area contributed by atoms with Crippen molar-refractivity contribution in [3.8, 4) is 0 Å². The number of nitrogens with zero attached hydrogens (tertiary/aromatic N) is 2. The van der Waals surface area contributed by atoms with Crippen LogP contribution in [0.2, 0.25) is 0 Å². The lowest BCUT2D eigenvalue weighted by Crippen LogP contribution is -2.38. The van der Waals surface area contributed by atoms with E-state index in [2.05, 4.69) is 0 Å². The SMILES string of the molecule is CCS(=O)(=O)N1CCCN(C(=O)c2ccc(F)c(C)c2)CC1. The Labute approximate surface area is 130 Å². The normalized spacial score (nSPS) is 17.3. The van der Waals surface area contributed by atoms with Gasteiger partial charge in [-0.05, 0) is 44.0 Å². The number of benzene rings is 1. The van der Waals surface area contributed by atoms with Crippen LogP contribution in [0.25, 0.3) is 0 Å². The van der Waals surface area contributed by atoms with Gasteiger partial charge in [0.25, 0.3) is 5.91 Å². The van der Waals surface area contributed by atoms with Crippen molar-refractivity contribution in [1.82, 2.24) is 9.21 Å². The van der Waals surface area contributed by atoms with Crippen LogP contribution < -0.4 is 0 Å². The molecule has 1 amide bonds. The third kappa shape index (κ3) is 3.64. The predicted octanol–water partition coefficient (Wildman–Crippen LogP) is 1.63. The molecule has 0 spiro atoms. The summed E-state index contributed by atoms with van der Waals surface area (Å²) in [5.41, 5.74) is 0.863. The van der Waals surface area contributed by atoms with Gasteiger partial charge in [0.1, 0.15) is 5.82 Å². The number of carbonyl (C=O) groups excluding carboxylic acids is 1. The van der Waals surface area contributed by atoms with Gasteiger partial charge in [-0.2, -0.15) is 0 Å². The fourth-order valence-electron chi connectivity index (χ4n) is 2.52. The first-order chi connectivity index (χ1) is 10.3. The molecule has 1 aliphatic heterocycles. The maximum atomic E-state index is 13.3. The molecule has 0 radical (unpaired) electrons. The van der Waals surface area contributed by atoms with Gasteiger partial charge in [0, 0.05) is 31.7 Å².